The van der Waals surface area contributed by atoms with Gasteiger partial charge in [-0.2, -0.15) is 0 Å². The zero-order valence-electron chi connectivity index (χ0n) is 14.5. The summed E-state index contributed by atoms with van der Waals surface area (Å²) in [5.41, 5.74) is 3.07. The van der Waals surface area contributed by atoms with E-state index in [9.17, 15) is 9.59 Å². The van der Waals surface area contributed by atoms with Crippen LogP contribution in [0.15, 0.2) is 48.5 Å². The molecule has 1 fully saturated rings. The quantitative estimate of drug-likeness (QED) is 0.833. The summed E-state index contributed by atoms with van der Waals surface area (Å²) >= 11 is 0. The number of carbonyl (C=O) groups is 2. The highest BCUT2D eigenvalue weighted by atomic mass is 16.5. The van der Waals surface area contributed by atoms with Gasteiger partial charge < -0.3 is 20.1 Å². The second-order valence-electron chi connectivity index (χ2n) is 6.23. The van der Waals surface area contributed by atoms with Crippen molar-refractivity contribution in [3.05, 3.63) is 65.2 Å². The van der Waals surface area contributed by atoms with Gasteiger partial charge in [0.15, 0.2) is 0 Å². The van der Waals surface area contributed by atoms with Crippen LogP contribution in [0.1, 0.15) is 21.5 Å². The lowest BCUT2D eigenvalue weighted by Crippen LogP contribution is -2.41. The van der Waals surface area contributed by atoms with Gasteiger partial charge in [0.25, 0.3) is 0 Å². The molecule has 26 heavy (non-hydrogen) atoms. The molecule has 2 aromatic carbocycles. The van der Waals surface area contributed by atoms with Crippen molar-refractivity contribution in [3.8, 4) is 0 Å². The van der Waals surface area contributed by atoms with Crippen LogP contribution in [-0.2, 0) is 22.5 Å². The van der Waals surface area contributed by atoms with E-state index in [0.717, 1.165) is 16.8 Å². The summed E-state index contributed by atoms with van der Waals surface area (Å²) in [6.07, 6.45) is 0.390. The van der Waals surface area contributed by atoms with Crippen LogP contribution in [0.5, 0.6) is 0 Å². The summed E-state index contributed by atoms with van der Waals surface area (Å²) in [4.78, 5) is 25.1. The molecule has 1 heterocycles. The first kappa shape index (κ1) is 17.9. The van der Waals surface area contributed by atoms with Crippen molar-refractivity contribution in [2.45, 2.75) is 13.0 Å². The van der Waals surface area contributed by atoms with E-state index in [4.69, 9.17) is 9.84 Å². The van der Waals surface area contributed by atoms with Gasteiger partial charge in [-0.3, -0.25) is 4.79 Å². The molecule has 0 radical (unpaired) electrons. The van der Waals surface area contributed by atoms with E-state index >= 15 is 0 Å². The number of nitrogens with zero attached hydrogens (tertiary/aromatic N) is 1. The molecule has 0 aliphatic carbocycles. The highest BCUT2D eigenvalue weighted by Crippen LogP contribution is 2.14. The number of carboxylic acids is 1. The van der Waals surface area contributed by atoms with E-state index in [2.05, 4.69) is 5.32 Å². The van der Waals surface area contributed by atoms with Crippen LogP contribution in [-0.4, -0.2) is 48.2 Å². The lowest BCUT2D eigenvalue weighted by atomic mass is 10.1. The van der Waals surface area contributed by atoms with Gasteiger partial charge in [-0.25, -0.2) is 4.79 Å². The van der Waals surface area contributed by atoms with Gasteiger partial charge in [-0.15, -0.1) is 0 Å². The maximum absolute atomic E-state index is 12.3. The second-order valence-corrected chi connectivity index (χ2v) is 6.23. The molecule has 1 aliphatic rings. The van der Waals surface area contributed by atoms with Crippen molar-refractivity contribution in [2.24, 2.45) is 0 Å². The first-order chi connectivity index (χ1) is 12.6. The molecular weight excluding hydrogens is 332 g/mol. The molecule has 0 saturated carbocycles. The van der Waals surface area contributed by atoms with E-state index in [1.165, 1.54) is 0 Å². The van der Waals surface area contributed by atoms with Crippen molar-refractivity contribution in [1.29, 1.82) is 0 Å². The number of morpholine rings is 1. The summed E-state index contributed by atoms with van der Waals surface area (Å²) in [5, 5.41) is 12.3. The normalized spacial score (nSPS) is 14.1. The summed E-state index contributed by atoms with van der Waals surface area (Å²) < 4.78 is 5.26. The Morgan fingerprint density at radius 3 is 2.46 bits per heavy atom. The molecule has 1 amide bonds. The van der Waals surface area contributed by atoms with Gasteiger partial charge in [0.2, 0.25) is 5.91 Å². The molecule has 6 nitrogen and oxygen atoms in total. The summed E-state index contributed by atoms with van der Waals surface area (Å²) in [7, 11) is 0. The predicted octanol–water partition coefficient (Wildman–Crippen LogP) is 2.40. The Morgan fingerprint density at radius 1 is 1.04 bits per heavy atom. The molecule has 2 aromatic rings. The summed E-state index contributed by atoms with van der Waals surface area (Å²) in [6.45, 7) is 3.07. The maximum atomic E-state index is 12.3. The Balaban J connectivity index is 1.53. The van der Waals surface area contributed by atoms with Crippen LogP contribution in [0.25, 0.3) is 0 Å². The molecule has 0 aromatic heterocycles. The van der Waals surface area contributed by atoms with Crippen LogP contribution >= 0.6 is 0 Å². The smallest absolute Gasteiger partial charge is 0.335 e. The standard InChI is InChI=1S/C20H22N2O4/c23-19(22-8-10-26-11-9-22)13-15-4-6-18(7-5-15)21-14-16-2-1-3-17(12-16)20(24)25/h1-7,12,21H,8-11,13-14H2,(H,24,25). The Bertz CT molecular complexity index is 768. The molecule has 0 atom stereocenters. The minimum absolute atomic E-state index is 0.125. The molecule has 3 rings (SSSR count). The fourth-order valence-corrected chi connectivity index (χ4v) is 2.86. The number of aromatic carboxylic acids is 1. The lowest BCUT2D eigenvalue weighted by Gasteiger charge is -2.26. The predicted molar refractivity (Wildman–Crippen MR) is 98.3 cm³/mol. The van der Waals surface area contributed by atoms with Gasteiger partial charge in [0.05, 0.1) is 25.2 Å². The number of anilines is 1. The second kappa shape index (κ2) is 8.49. The monoisotopic (exact) mass is 354 g/mol. The van der Waals surface area contributed by atoms with Crippen LogP contribution < -0.4 is 5.32 Å². The molecule has 136 valence electrons. The first-order valence-corrected chi connectivity index (χ1v) is 8.62. The molecule has 0 bridgehead atoms. The van der Waals surface area contributed by atoms with Gasteiger partial charge in [0.1, 0.15) is 0 Å². The van der Waals surface area contributed by atoms with Gasteiger partial charge in [-0.05, 0) is 35.4 Å². The summed E-state index contributed by atoms with van der Waals surface area (Å²) in [5.74, 6) is -0.805. The molecule has 1 aliphatic heterocycles. The number of amides is 1. The average molecular weight is 354 g/mol. The van der Waals surface area contributed by atoms with E-state index < -0.39 is 5.97 Å². The number of ether oxygens (including phenoxy) is 1. The number of nitrogens with one attached hydrogen (secondary N) is 1. The highest BCUT2D eigenvalue weighted by Gasteiger charge is 2.16. The molecule has 6 heteroatoms. The largest absolute Gasteiger partial charge is 0.478 e. The maximum Gasteiger partial charge on any atom is 0.335 e. The van der Waals surface area contributed by atoms with Crippen LogP contribution in [0, 0.1) is 0 Å². The van der Waals surface area contributed by atoms with Crippen molar-refractivity contribution < 1.29 is 19.4 Å². The fraction of sp³-hybridized carbons (Fsp3) is 0.300. The Hall–Kier alpha value is -2.86. The van der Waals surface area contributed by atoms with Gasteiger partial charge >= 0.3 is 5.97 Å². The van der Waals surface area contributed by atoms with E-state index in [-0.39, 0.29) is 11.5 Å². The third-order valence-corrected chi connectivity index (χ3v) is 4.34. The molecule has 1 saturated heterocycles. The molecule has 0 unspecified atom stereocenters. The SMILES string of the molecule is O=C(O)c1cccc(CNc2ccc(CC(=O)N3CCOCC3)cc2)c1. The number of benzene rings is 2. The summed E-state index contributed by atoms with van der Waals surface area (Å²) in [6, 6.07) is 14.6. The third kappa shape index (κ3) is 4.83. The van der Waals surface area contributed by atoms with Gasteiger partial charge in [0, 0.05) is 25.3 Å². The van der Waals surface area contributed by atoms with E-state index in [1.807, 2.05) is 35.2 Å². The highest BCUT2D eigenvalue weighted by molar-refractivity contribution is 5.87. The zero-order valence-corrected chi connectivity index (χ0v) is 14.5. The Labute approximate surface area is 152 Å². The minimum atomic E-state index is -0.930. The Kier molecular flexibility index (Phi) is 5.86. The number of rotatable bonds is 6. The number of hydrogen-bond acceptors (Lipinski definition) is 4. The van der Waals surface area contributed by atoms with Crippen molar-refractivity contribution >= 4 is 17.6 Å². The average Bonchev–Trinajstić information content (AvgIpc) is 2.68. The first-order valence-electron chi connectivity index (χ1n) is 8.62. The minimum Gasteiger partial charge on any atom is -0.478 e. The number of carbonyl (C=O) groups excluding carboxylic acids is 1. The molecule has 0 spiro atoms. The van der Waals surface area contributed by atoms with Crippen molar-refractivity contribution in [3.63, 3.8) is 0 Å². The third-order valence-electron chi connectivity index (χ3n) is 4.34. The van der Waals surface area contributed by atoms with Crippen molar-refractivity contribution in [1.82, 2.24) is 4.90 Å². The van der Waals surface area contributed by atoms with Crippen LogP contribution in [0.4, 0.5) is 5.69 Å². The molecule has 2 N–H and O–H groups in total. The van der Waals surface area contributed by atoms with Crippen molar-refractivity contribution in [2.75, 3.05) is 31.6 Å². The zero-order chi connectivity index (χ0) is 18.4. The van der Waals surface area contributed by atoms with Crippen LogP contribution in [0.3, 0.4) is 0 Å². The number of carboxylic acid groups (broad SMARTS) is 1. The van der Waals surface area contributed by atoms with E-state index in [1.54, 1.807) is 18.2 Å². The molecular formula is C20H22N2O4. The van der Waals surface area contributed by atoms with E-state index in [0.29, 0.717) is 39.3 Å². The van der Waals surface area contributed by atoms with Crippen LogP contribution in [0.2, 0.25) is 0 Å². The topological polar surface area (TPSA) is 78.9 Å². The lowest BCUT2D eigenvalue weighted by molar-refractivity contribution is -0.134. The van der Waals surface area contributed by atoms with Gasteiger partial charge in [-0.1, -0.05) is 24.3 Å². The Morgan fingerprint density at radius 2 is 1.77 bits per heavy atom. The fourth-order valence-electron chi connectivity index (χ4n) is 2.86. The number of hydrogen-bond donors (Lipinski definition) is 2.